The van der Waals surface area contributed by atoms with Crippen molar-refractivity contribution in [3.63, 3.8) is 0 Å². The lowest BCUT2D eigenvalue weighted by Crippen LogP contribution is -2.38. The maximum absolute atomic E-state index is 13.1. The third-order valence-corrected chi connectivity index (χ3v) is 5.24. The van der Waals surface area contributed by atoms with Crippen molar-refractivity contribution < 1.29 is 23.8 Å². The van der Waals surface area contributed by atoms with E-state index in [1.165, 1.54) is 0 Å². The maximum atomic E-state index is 13.1. The topological polar surface area (TPSA) is 65.1 Å². The van der Waals surface area contributed by atoms with Crippen molar-refractivity contribution in [3.8, 4) is 5.75 Å². The Morgan fingerprint density at radius 2 is 1.73 bits per heavy atom. The van der Waals surface area contributed by atoms with Gasteiger partial charge in [0.25, 0.3) is 0 Å². The second kappa shape index (κ2) is 9.58. The Labute approximate surface area is 188 Å². The fraction of sp³-hybridized carbons (Fsp3) is 0.652. The van der Waals surface area contributed by atoms with E-state index in [0.29, 0.717) is 19.5 Å². The Morgan fingerprint density at radius 3 is 2.30 bits per heavy atom. The predicted octanol–water partition coefficient (Wildman–Crippen LogP) is 5.22. The fourth-order valence-electron chi connectivity index (χ4n) is 3.54. The molecular formula is C23H34BrNO5. The van der Waals surface area contributed by atoms with E-state index in [-0.39, 0.29) is 23.9 Å². The highest BCUT2D eigenvalue weighted by Crippen LogP contribution is 2.32. The largest absolute Gasteiger partial charge is 0.497 e. The average molecular weight is 484 g/mol. The quantitative estimate of drug-likeness (QED) is 0.537. The summed E-state index contributed by atoms with van der Waals surface area (Å²) >= 11 is 3.50. The van der Waals surface area contributed by atoms with Crippen molar-refractivity contribution in [1.82, 2.24) is 4.90 Å². The van der Waals surface area contributed by atoms with Crippen LogP contribution in [0.5, 0.6) is 5.75 Å². The van der Waals surface area contributed by atoms with Gasteiger partial charge in [-0.1, -0.05) is 15.9 Å². The summed E-state index contributed by atoms with van der Waals surface area (Å²) in [6.45, 7) is 12.2. The number of benzene rings is 1. The first-order valence-corrected chi connectivity index (χ1v) is 11.1. The summed E-state index contributed by atoms with van der Waals surface area (Å²) in [6.07, 6.45) is 0.906. The van der Waals surface area contributed by atoms with E-state index in [0.717, 1.165) is 22.2 Å². The zero-order valence-corrected chi connectivity index (χ0v) is 20.7. The number of carbonyl (C=O) groups excluding carboxylic acids is 2. The van der Waals surface area contributed by atoms with Crippen LogP contribution in [0.2, 0.25) is 0 Å². The molecule has 0 aromatic heterocycles. The average Bonchev–Trinajstić information content (AvgIpc) is 3.06. The summed E-state index contributed by atoms with van der Waals surface area (Å²) in [7, 11) is 1.62. The van der Waals surface area contributed by atoms with Gasteiger partial charge < -0.3 is 19.1 Å². The molecule has 0 spiro atoms. The van der Waals surface area contributed by atoms with Crippen molar-refractivity contribution >= 4 is 28.0 Å². The number of methoxy groups -OCH3 is 1. The first kappa shape index (κ1) is 24.5. The number of nitrogens with zero attached hydrogens (tertiary/aromatic N) is 1. The van der Waals surface area contributed by atoms with Gasteiger partial charge in [-0.15, -0.1) is 0 Å². The number of hydrogen-bond donors (Lipinski definition) is 0. The normalized spacial score (nSPS) is 18.1. The molecule has 1 saturated heterocycles. The molecule has 0 saturated carbocycles. The molecule has 1 aromatic carbocycles. The van der Waals surface area contributed by atoms with Crippen molar-refractivity contribution in [3.05, 3.63) is 28.2 Å². The number of esters is 1. The molecular weight excluding hydrogens is 450 g/mol. The summed E-state index contributed by atoms with van der Waals surface area (Å²) in [5, 5.41) is 0. The molecule has 6 nitrogen and oxygen atoms in total. The van der Waals surface area contributed by atoms with Gasteiger partial charge in [0.05, 0.1) is 13.0 Å². The van der Waals surface area contributed by atoms with Crippen molar-refractivity contribution in [2.24, 2.45) is 11.8 Å². The monoisotopic (exact) mass is 483 g/mol. The SMILES string of the molecule is COc1cc(Br)cc(C[C@H](C(=O)OC(C)(C)C)[C@H]2CCN(C(=O)OC(C)(C)C)C2)c1. The summed E-state index contributed by atoms with van der Waals surface area (Å²) in [4.78, 5) is 27.3. The number of amides is 1. The predicted molar refractivity (Wildman–Crippen MR) is 120 cm³/mol. The van der Waals surface area contributed by atoms with Crippen LogP contribution in [0.3, 0.4) is 0 Å². The smallest absolute Gasteiger partial charge is 0.410 e. The molecule has 0 N–H and O–H groups in total. The van der Waals surface area contributed by atoms with Crippen LogP contribution in [0.1, 0.15) is 53.5 Å². The van der Waals surface area contributed by atoms with Crippen molar-refractivity contribution in [2.75, 3.05) is 20.2 Å². The van der Waals surface area contributed by atoms with Crippen LogP contribution in [-0.4, -0.2) is 48.4 Å². The molecule has 0 radical (unpaired) electrons. The Balaban J connectivity index is 2.21. The van der Waals surface area contributed by atoms with Gasteiger partial charge in [-0.2, -0.15) is 0 Å². The first-order chi connectivity index (χ1) is 13.8. The third kappa shape index (κ3) is 7.49. The molecule has 168 valence electrons. The van der Waals surface area contributed by atoms with Crippen LogP contribution in [-0.2, 0) is 20.7 Å². The lowest BCUT2D eigenvalue weighted by atomic mass is 9.86. The van der Waals surface area contributed by atoms with Crippen molar-refractivity contribution in [1.29, 1.82) is 0 Å². The number of rotatable bonds is 5. The van der Waals surface area contributed by atoms with Gasteiger partial charge in [0.2, 0.25) is 0 Å². The van der Waals surface area contributed by atoms with Gasteiger partial charge in [0, 0.05) is 17.6 Å². The van der Waals surface area contributed by atoms with E-state index in [1.807, 2.05) is 59.7 Å². The second-order valence-electron chi connectivity index (χ2n) is 9.82. The first-order valence-electron chi connectivity index (χ1n) is 10.3. The number of carbonyl (C=O) groups is 2. The lowest BCUT2D eigenvalue weighted by Gasteiger charge is -2.28. The highest BCUT2D eigenvalue weighted by atomic mass is 79.9. The van der Waals surface area contributed by atoms with Gasteiger partial charge in [-0.25, -0.2) is 4.79 Å². The Kier molecular flexibility index (Phi) is 7.83. The molecule has 7 heteroatoms. The van der Waals surface area contributed by atoms with Crippen LogP contribution in [0.15, 0.2) is 22.7 Å². The molecule has 30 heavy (non-hydrogen) atoms. The molecule has 1 aliphatic heterocycles. The highest BCUT2D eigenvalue weighted by molar-refractivity contribution is 9.10. The van der Waals surface area contributed by atoms with Gasteiger partial charge in [0.1, 0.15) is 17.0 Å². The van der Waals surface area contributed by atoms with Gasteiger partial charge in [0.15, 0.2) is 0 Å². The Bertz CT molecular complexity index is 766. The van der Waals surface area contributed by atoms with Gasteiger partial charge >= 0.3 is 12.1 Å². The number of hydrogen-bond acceptors (Lipinski definition) is 5. The molecule has 0 aliphatic carbocycles. The van der Waals surface area contributed by atoms with Crippen molar-refractivity contribution in [2.45, 2.75) is 65.6 Å². The number of likely N-dealkylation sites (tertiary alicyclic amines) is 1. The van der Waals surface area contributed by atoms with E-state index in [1.54, 1.807) is 12.0 Å². The molecule has 1 aromatic rings. The molecule has 1 aliphatic rings. The molecule has 0 unspecified atom stereocenters. The molecule has 1 amide bonds. The van der Waals surface area contributed by atoms with E-state index in [2.05, 4.69) is 15.9 Å². The zero-order valence-electron chi connectivity index (χ0n) is 19.1. The highest BCUT2D eigenvalue weighted by Gasteiger charge is 2.39. The lowest BCUT2D eigenvalue weighted by molar-refractivity contribution is -0.161. The minimum atomic E-state index is -0.576. The zero-order chi connectivity index (χ0) is 22.7. The van der Waals surface area contributed by atoms with Gasteiger partial charge in [-0.05, 0) is 84.1 Å². The minimum Gasteiger partial charge on any atom is -0.497 e. The van der Waals surface area contributed by atoms with Crippen LogP contribution in [0, 0.1) is 11.8 Å². The van der Waals surface area contributed by atoms with Crippen LogP contribution >= 0.6 is 15.9 Å². The Hall–Kier alpha value is -1.76. The standard InChI is InChI=1S/C23H34BrNO5/c1-22(2,3)29-20(26)19(12-15-10-17(24)13-18(11-15)28-7)16-8-9-25(14-16)21(27)30-23(4,5)6/h10-11,13,16,19H,8-9,12,14H2,1-7H3/t16-,19-/m0/s1. The summed E-state index contributed by atoms with van der Waals surface area (Å²) in [6, 6.07) is 5.80. The summed E-state index contributed by atoms with van der Waals surface area (Å²) in [5.74, 6) is 0.120. The summed E-state index contributed by atoms with van der Waals surface area (Å²) < 4.78 is 17.5. The third-order valence-electron chi connectivity index (χ3n) is 4.78. The molecule has 1 heterocycles. The van der Waals surface area contributed by atoms with E-state index in [4.69, 9.17) is 14.2 Å². The van der Waals surface area contributed by atoms with Crippen LogP contribution in [0.25, 0.3) is 0 Å². The minimum absolute atomic E-state index is 0.00246. The number of halogens is 1. The maximum Gasteiger partial charge on any atom is 0.410 e. The van der Waals surface area contributed by atoms with Crippen LogP contribution < -0.4 is 4.74 Å². The Morgan fingerprint density at radius 1 is 1.10 bits per heavy atom. The van der Waals surface area contributed by atoms with E-state index < -0.39 is 11.2 Å². The summed E-state index contributed by atoms with van der Waals surface area (Å²) in [5.41, 5.74) is -0.145. The number of ether oxygens (including phenoxy) is 3. The van der Waals surface area contributed by atoms with E-state index >= 15 is 0 Å². The molecule has 2 atom stereocenters. The van der Waals surface area contributed by atoms with E-state index in [9.17, 15) is 9.59 Å². The molecule has 1 fully saturated rings. The molecule has 0 bridgehead atoms. The molecule has 2 rings (SSSR count). The van der Waals surface area contributed by atoms with Gasteiger partial charge in [-0.3, -0.25) is 4.79 Å². The second-order valence-corrected chi connectivity index (χ2v) is 10.7. The van der Waals surface area contributed by atoms with Crippen LogP contribution in [0.4, 0.5) is 4.79 Å². The fourth-order valence-corrected chi connectivity index (χ4v) is 4.06.